The summed E-state index contributed by atoms with van der Waals surface area (Å²) in [5.41, 5.74) is 4.22. The number of ether oxygens (including phenoxy) is 1. The summed E-state index contributed by atoms with van der Waals surface area (Å²) >= 11 is 3.48. The molecule has 18 heavy (non-hydrogen) atoms. The predicted molar refractivity (Wildman–Crippen MR) is 74.3 cm³/mol. The lowest BCUT2D eigenvalue weighted by atomic mass is 10.2. The van der Waals surface area contributed by atoms with Crippen LogP contribution in [0.1, 0.15) is 5.69 Å². The Morgan fingerprint density at radius 3 is 2.72 bits per heavy atom. The lowest BCUT2D eigenvalue weighted by Gasteiger charge is -2.08. The van der Waals surface area contributed by atoms with E-state index < -0.39 is 0 Å². The van der Waals surface area contributed by atoms with Crippen LogP contribution >= 0.6 is 15.9 Å². The molecule has 0 aliphatic rings. The summed E-state index contributed by atoms with van der Waals surface area (Å²) in [5, 5.41) is 0. The van der Waals surface area contributed by atoms with Gasteiger partial charge in [-0.15, -0.1) is 0 Å². The number of hydrogen-bond donors (Lipinski definition) is 2. The fraction of sp³-hybridized carbons (Fsp3) is 0.167. The first-order chi connectivity index (χ1) is 8.63. The number of nitrogens with one attached hydrogen (secondary N) is 1. The van der Waals surface area contributed by atoms with Crippen molar-refractivity contribution in [2.75, 3.05) is 12.5 Å². The van der Waals surface area contributed by atoms with Gasteiger partial charge in [0.1, 0.15) is 11.6 Å². The van der Waals surface area contributed by atoms with E-state index in [1.807, 2.05) is 25.1 Å². The number of methoxy groups -OCH3 is 1. The molecule has 1 heterocycles. The molecule has 0 radical (unpaired) electrons. The topological polar surface area (TPSA) is 73.1 Å². The third-order valence-corrected chi connectivity index (χ3v) is 3.11. The van der Waals surface area contributed by atoms with Crippen molar-refractivity contribution in [2.24, 2.45) is 5.84 Å². The van der Waals surface area contributed by atoms with E-state index in [1.165, 1.54) is 0 Å². The van der Waals surface area contributed by atoms with Gasteiger partial charge in [-0.3, -0.25) is 0 Å². The van der Waals surface area contributed by atoms with Gasteiger partial charge in [0.05, 0.1) is 7.11 Å². The lowest BCUT2D eigenvalue weighted by molar-refractivity contribution is 0.415. The highest BCUT2D eigenvalue weighted by Gasteiger charge is 2.09. The molecule has 3 N–H and O–H groups in total. The predicted octanol–water partition coefficient (Wildman–Crippen LogP) is 2.51. The van der Waals surface area contributed by atoms with Crippen molar-refractivity contribution >= 4 is 21.7 Å². The third kappa shape index (κ3) is 2.60. The summed E-state index contributed by atoms with van der Waals surface area (Å²) in [6.45, 7) is 1.89. The Bertz CT molecular complexity index is 574. The highest BCUT2D eigenvalue weighted by molar-refractivity contribution is 9.10. The summed E-state index contributed by atoms with van der Waals surface area (Å²) in [7, 11) is 1.62. The molecule has 2 rings (SSSR count). The van der Waals surface area contributed by atoms with E-state index in [-0.39, 0.29) is 0 Å². The van der Waals surface area contributed by atoms with Gasteiger partial charge in [-0.2, -0.15) is 0 Å². The molecular weight excluding hydrogens is 296 g/mol. The zero-order chi connectivity index (χ0) is 13.1. The Labute approximate surface area is 113 Å². The molecule has 0 fully saturated rings. The molecule has 0 aliphatic carbocycles. The summed E-state index contributed by atoms with van der Waals surface area (Å²) in [4.78, 5) is 8.72. The molecule has 1 aromatic carbocycles. The van der Waals surface area contributed by atoms with Gasteiger partial charge in [-0.1, -0.05) is 15.9 Å². The fourth-order valence-corrected chi connectivity index (χ4v) is 1.99. The summed E-state index contributed by atoms with van der Waals surface area (Å²) < 4.78 is 6.10. The Kier molecular flexibility index (Phi) is 3.78. The minimum Gasteiger partial charge on any atom is -0.497 e. The zero-order valence-corrected chi connectivity index (χ0v) is 11.7. The minimum atomic E-state index is 0.576. The quantitative estimate of drug-likeness (QED) is 0.673. The third-order valence-electron chi connectivity index (χ3n) is 2.42. The molecular formula is C12H13BrN4O. The normalized spacial score (nSPS) is 10.2. The van der Waals surface area contributed by atoms with Gasteiger partial charge in [0, 0.05) is 21.8 Å². The fourth-order valence-electron chi connectivity index (χ4n) is 1.57. The maximum absolute atomic E-state index is 5.38. The maximum Gasteiger partial charge on any atom is 0.163 e. The molecule has 6 heteroatoms. The van der Waals surface area contributed by atoms with Crippen LogP contribution in [0.4, 0.5) is 5.82 Å². The van der Waals surface area contributed by atoms with E-state index in [0.717, 1.165) is 21.5 Å². The minimum absolute atomic E-state index is 0.576. The van der Waals surface area contributed by atoms with Gasteiger partial charge >= 0.3 is 0 Å². The van der Waals surface area contributed by atoms with Crippen LogP contribution in [0.5, 0.6) is 5.75 Å². The summed E-state index contributed by atoms with van der Waals surface area (Å²) in [6.07, 6.45) is 0. The number of nitrogens with two attached hydrogens (primary N) is 1. The highest BCUT2D eigenvalue weighted by atomic mass is 79.9. The van der Waals surface area contributed by atoms with E-state index in [9.17, 15) is 0 Å². The smallest absolute Gasteiger partial charge is 0.163 e. The second-order valence-electron chi connectivity index (χ2n) is 3.71. The average molecular weight is 309 g/mol. The van der Waals surface area contributed by atoms with Gasteiger partial charge in [-0.05, 0) is 25.1 Å². The van der Waals surface area contributed by atoms with Crippen LogP contribution in [0.15, 0.2) is 28.7 Å². The number of hydrogen-bond acceptors (Lipinski definition) is 5. The SMILES string of the molecule is COc1ccc(Br)c(-c2nc(C)cc(NN)n2)c1. The molecule has 0 saturated carbocycles. The number of anilines is 1. The van der Waals surface area contributed by atoms with Crippen molar-refractivity contribution in [1.82, 2.24) is 9.97 Å². The summed E-state index contributed by atoms with van der Waals surface area (Å²) in [6, 6.07) is 7.41. The van der Waals surface area contributed by atoms with Gasteiger partial charge in [-0.25, -0.2) is 15.8 Å². The van der Waals surface area contributed by atoms with Crippen molar-refractivity contribution in [2.45, 2.75) is 6.92 Å². The average Bonchev–Trinajstić information content (AvgIpc) is 2.38. The Morgan fingerprint density at radius 2 is 2.06 bits per heavy atom. The zero-order valence-electron chi connectivity index (χ0n) is 10.1. The molecule has 0 bridgehead atoms. The molecule has 0 spiro atoms. The second kappa shape index (κ2) is 5.32. The van der Waals surface area contributed by atoms with E-state index in [0.29, 0.717) is 11.6 Å². The van der Waals surface area contributed by atoms with Crippen molar-refractivity contribution in [3.05, 3.63) is 34.4 Å². The molecule has 1 aromatic heterocycles. The standard InChI is InChI=1S/C12H13BrN4O/c1-7-5-11(17-14)16-12(15-7)9-6-8(18-2)3-4-10(9)13/h3-6H,14H2,1-2H3,(H,15,16,17). The van der Waals surface area contributed by atoms with Crippen LogP contribution in [-0.4, -0.2) is 17.1 Å². The number of nitrogen functional groups attached to an aromatic ring is 1. The molecule has 2 aromatic rings. The van der Waals surface area contributed by atoms with Crippen LogP contribution in [0.25, 0.3) is 11.4 Å². The highest BCUT2D eigenvalue weighted by Crippen LogP contribution is 2.30. The van der Waals surface area contributed by atoms with E-state index in [4.69, 9.17) is 10.6 Å². The van der Waals surface area contributed by atoms with Crippen LogP contribution < -0.4 is 16.0 Å². The van der Waals surface area contributed by atoms with E-state index >= 15 is 0 Å². The van der Waals surface area contributed by atoms with Crippen molar-refractivity contribution in [3.8, 4) is 17.1 Å². The number of rotatable bonds is 3. The first-order valence-electron chi connectivity index (χ1n) is 5.30. The molecule has 94 valence electrons. The van der Waals surface area contributed by atoms with Gasteiger partial charge < -0.3 is 10.2 Å². The number of aromatic nitrogens is 2. The largest absolute Gasteiger partial charge is 0.497 e. The van der Waals surface area contributed by atoms with Crippen molar-refractivity contribution in [3.63, 3.8) is 0 Å². The van der Waals surface area contributed by atoms with Gasteiger partial charge in [0.15, 0.2) is 5.82 Å². The van der Waals surface area contributed by atoms with Crippen molar-refractivity contribution in [1.29, 1.82) is 0 Å². The van der Waals surface area contributed by atoms with Gasteiger partial charge in [0.2, 0.25) is 0 Å². The Morgan fingerprint density at radius 1 is 1.28 bits per heavy atom. The maximum atomic E-state index is 5.38. The number of hydrazine groups is 1. The first-order valence-corrected chi connectivity index (χ1v) is 6.09. The second-order valence-corrected chi connectivity index (χ2v) is 4.56. The molecule has 0 aliphatic heterocycles. The van der Waals surface area contributed by atoms with E-state index in [2.05, 4.69) is 31.3 Å². The van der Waals surface area contributed by atoms with Crippen LogP contribution in [0.3, 0.4) is 0 Å². The van der Waals surface area contributed by atoms with Crippen LogP contribution in [-0.2, 0) is 0 Å². The van der Waals surface area contributed by atoms with Gasteiger partial charge in [0.25, 0.3) is 0 Å². The Hall–Kier alpha value is -1.66. The van der Waals surface area contributed by atoms with E-state index in [1.54, 1.807) is 13.2 Å². The molecule has 0 saturated heterocycles. The molecule has 0 atom stereocenters. The molecule has 0 amide bonds. The van der Waals surface area contributed by atoms with Crippen molar-refractivity contribution < 1.29 is 4.74 Å². The number of nitrogens with zero attached hydrogens (tertiary/aromatic N) is 2. The monoisotopic (exact) mass is 308 g/mol. The number of aryl methyl sites for hydroxylation is 1. The van der Waals surface area contributed by atoms with Crippen LogP contribution in [0.2, 0.25) is 0 Å². The Balaban J connectivity index is 2.56. The first kappa shape index (κ1) is 12.8. The summed E-state index contributed by atoms with van der Waals surface area (Å²) in [5.74, 6) is 7.30. The lowest BCUT2D eigenvalue weighted by Crippen LogP contribution is -2.10. The number of benzene rings is 1. The number of halogens is 1. The van der Waals surface area contributed by atoms with Crippen LogP contribution in [0, 0.1) is 6.92 Å². The molecule has 5 nitrogen and oxygen atoms in total. The molecule has 0 unspecified atom stereocenters.